The van der Waals surface area contributed by atoms with Gasteiger partial charge in [0.05, 0.1) is 44.1 Å². The van der Waals surface area contributed by atoms with E-state index in [4.69, 9.17) is 9.97 Å². The molecule has 6 heterocycles. The summed E-state index contributed by atoms with van der Waals surface area (Å²) >= 11 is 3.73. The van der Waals surface area contributed by atoms with Crippen LogP contribution < -0.4 is 0 Å². The standard InChI is InChI=1S/C62H36N6S2/c1-3-15-39(16-4-1)65-51-24-12-10-22-47(51)63-62(65)68-50-31-27-37(35-46(50)42-30-34-56-58(59(42)68)45-21-9-14-26-55(45)69-56)38-28-32-52-48(36-38)64-61(66(52)40-17-5-2-6-18-40)67-49-23-11-7-20-44(49)57-53(67)33-29-43-41-19-8-13-25-54(41)70-60(43)57/h1-36H. The maximum atomic E-state index is 5.63. The number of imidazole rings is 2. The second kappa shape index (κ2) is 14.4. The van der Waals surface area contributed by atoms with Crippen LogP contribution in [0.3, 0.4) is 0 Å². The molecule has 0 aliphatic rings. The molecule has 0 saturated heterocycles. The van der Waals surface area contributed by atoms with E-state index in [9.17, 15) is 0 Å². The van der Waals surface area contributed by atoms with E-state index < -0.39 is 0 Å². The van der Waals surface area contributed by atoms with Crippen molar-refractivity contribution in [2.45, 2.75) is 0 Å². The fraction of sp³-hybridized carbons (Fsp3) is 0. The molecule has 6 aromatic heterocycles. The SMILES string of the molecule is c1ccc(-n2c(-n3c4ccccc4c4c5sc6ccccc6c5ccc43)nc3cc(-c4ccc5c(c4)c4ccc6sc7ccccc7c6c4n5-c4nc5ccccc5n4-c4ccccc4)ccc32)cc1. The van der Waals surface area contributed by atoms with E-state index in [1.54, 1.807) is 0 Å². The van der Waals surface area contributed by atoms with Crippen molar-refractivity contribution >= 4 is 129 Å². The van der Waals surface area contributed by atoms with Gasteiger partial charge in [0.2, 0.25) is 11.9 Å². The lowest BCUT2D eigenvalue weighted by Crippen LogP contribution is -2.05. The average Bonchev–Trinajstić information content (AvgIpc) is 4.27. The number of hydrogen-bond donors (Lipinski definition) is 0. The summed E-state index contributed by atoms with van der Waals surface area (Å²) in [6.45, 7) is 0. The van der Waals surface area contributed by atoms with Crippen molar-refractivity contribution in [2.24, 2.45) is 0 Å². The largest absolute Gasteiger partial charge is 0.279 e. The normalized spacial score (nSPS) is 12.3. The van der Waals surface area contributed by atoms with Crippen LogP contribution in [-0.4, -0.2) is 28.2 Å². The molecule has 8 heteroatoms. The zero-order valence-corrected chi connectivity index (χ0v) is 38.9. The molecule has 326 valence electrons. The third-order valence-electron chi connectivity index (χ3n) is 14.4. The van der Waals surface area contributed by atoms with Gasteiger partial charge >= 0.3 is 0 Å². The van der Waals surface area contributed by atoms with Gasteiger partial charge in [0, 0.05) is 73.3 Å². The van der Waals surface area contributed by atoms with E-state index in [2.05, 4.69) is 237 Å². The quantitative estimate of drug-likeness (QED) is 0.173. The first-order valence-electron chi connectivity index (χ1n) is 23.6. The van der Waals surface area contributed by atoms with Crippen molar-refractivity contribution in [3.05, 3.63) is 218 Å². The molecule has 0 fully saturated rings. The molecule has 0 saturated carbocycles. The highest BCUT2D eigenvalue weighted by Crippen LogP contribution is 2.46. The third kappa shape index (κ3) is 5.26. The minimum atomic E-state index is 0.858. The molecule has 0 atom stereocenters. The molecule has 0 amide bonds. The Morgan fingerprint density at radius 2 is 0.857 bits per heavy atom. The van der Waals surface area contributed by atoms with Gasteiger partial charge in [0.25, 0.3) is 0 Å². The minimum absolute atomic E-state index is 0.858. The van der Waals surface area contributed by atoms with Gasteiger partial charge in [0.1, 0.15) is 0 Å². The highest BCUT2D eigenvalue weighted by molar-refractivity contribution is 7.27. The van der Waals surface area contributed by atoms with Crippen LogP contribution >= 0.6 is 22.7 Å². The molecule has 16 rings (SSSR count). The Morgan fingerprint density at radius 3 is 1.64 bits per heavy atom. The molecule has 70 heavy (non-hydrogen) atoms. The maximum absolute atomic E-state index is 5.63. The molecular weight excluding hydrogens is 893 g/mol. The molecule has 0 bridgehead atoms. The molecule has 0 N–H and O–H groups in total. The van der Waals surface area contributed by atoms with Crippen molar-refractivity contribution in [3.63, 3.8) is 0 Å². The Bertz CT molecular complexity index is 4830. The smallest absolute Gasteiger partial charge is 0.220 e. The van der Waals surface area contributed by atoms with Gasteiger partial charge in [-0.25, -0.2) is 9.97 Å². The van der Waals surface area contributed by atoms with Gasteiger partial charge < -0.3 is 0 Å². The summed E-state index contributed by atoms with van der Waals surface area (Å²) in [5, 5.41) is 9.95. The second-order valence-corrected chi connectivity index (χ2v) is 20.3. The zero-order valence-electron chi connectivity index (χ0n) is 37.3. The van der Waals surface area contributed by atoms with Crippen LogP contribution in [0.25, 0.3) is 140 Å². The summed E-state index contributed by atoms with van der Waals surface area (Å²) < 4.78 is 14.6. The second-order valence-electron chi connectivity index (χ2n) is 18.1. The van der Waals surface area contributed by atoms with E-state index in [0.717, 1.165) is 78.5 Å². The Labute approximate surface area is 407 Å². The van der Waals surface area contributed by atoms with Gasteiger partial charge in [-0.2, -0.15) is 0 Å². The van der Waals surface area contributed by atoms with Crippen LogP contribution in [0.2, 0.25) is 0 Å². The first-order valence-corrected chi connectivity index (χ1v) is 25.2. The van der Waals surface area contributed by atoms with E-state index in [1.807, 2.05) is 22.7 Å². The Hall–Kier alpha value is -8.82. The van der Waals surface area contributed by atoms with Crippen LogP contribution in [0.5, 0.6) is 0 Å². The number of aromatic nitrogens is 6. The highest BCUT2D eigenvalue weighted by Gasteiger charge is 2.25. The summed E-state index contributed by atoms with van der Waals surface area (Å²) in [6.07, 6.45) is 0. The highest BCUT2D eigenvalue weighted by atomic mass is 32.1. The van der Waals surface area contributed by atoms with Gasteiger partial charge in [-0.05, 0) is 102 Å². The first kappa shape index (κ1) is 38.2. The molecule has 0 aliphatic heterocycles. The molecule has 0 radical (unpaired) electrons. The van der Waals surface area contributed by atoms with Crippen LogP contribution in [0.15, 0.2) is 218 Å². The van der Waals surface area contributed by atoms with Crippen molar-refractivity contribution in [2.75, 3.05) is 0 Å². The van der Waals surface area contributed by atoms with Crippen LogP contribution in [0, 0.1) is 0 Å². The van der Waals surface area contributed by atoms with E-state index in [1.165, 1.54) is 61.9 Å². The number of thiophene rings is 2. The maximum Gasteiger partial charge on any atom is 0.220 e. The van der Waals surface area contributed by atoms with Crippen LogP contribution in [0.4, 0.5) is 0 Å². The molecule has 0 aliphatic carbocycles. The predicted octanol–water partition coefficient (Wildman–Crippen LogP) is 17.0. The number of nitrogens with zero attached hydrogens (tertiary/aromatic N) is 6. The first-order chi connectivity index (χ1) is 34.7. The number of rotatable bonds is 5. The lowest BCUT2D eigenvalue weighted by atomic mass is 10.0. The van der Waals surface area contributed by atoms with Crippen molar-refractivity contribution in [1.29, 1.82) is 0 Å². The van der Waals surface area contributed by atoms with Crippen molar-refractivity contribution < 1.29 is 0 Å². The summed E-state index contributed by atoms with van der Waals surface area (Å²) in [6, 6.07) is 79.1. The minimum Gasteiger partial charge on any atom is -0.279 e. The Morgan fingerprint density at radius 1 is 0.300 bits per heavy atom. The van der Waals surface area contributed by atoms with Crippen molar-refractivity contribution in [1.82, 2.24) is 28.2 Å². The molecular formula is C62H36N6S2. The van der Waals surface area contributed by atoms with Gasteiger partial charge in [-0.3, -0.25) is 18.3 Å². The lowest BCUT2D eigenvalue weighted by molar-refractivity contribution is 0.956. The monoisotopic (exact) mass is 928 g/mol. The number of benzene rings is 10. The van der Waals surface area contributed by atoms with Gasteiger partial charge in [-0.15, -0.1) is 22.7 Å². The summed E-state index contributed by atoms with van der Waals surface area (Å²) in [5.74, 6) is 1.72. The number of fused-ring (bicyclic) bond motifs is 16. The van der Waals surface area contributed by atoms with Gasteiger partial charge in [0.15, 0.2) is 0 Å². The van der Waals surface area contributed by atoms with E-state index in [-0.39, 0.29) is 0 Å². The molecule has 0 spiro atoms. The molecule has 10 aromatic carbocycles. The average molecular weight is 929 g/mol. The summed E-state index contributed by atoms with van der Waals surface area (Å²) in [7, 11) is 0. The van der Waals surface area contributed by atoms with Crippen LogP contribution in [0.1, 0.15) is 0 Å². The topological polar surface area (TPSA) is 45.5 Å². The van der Waals surface area contributed by atoms with Gasteiger partial charge in [-0.1, -0.05) is 127 Å². The number of para-hydroxylation sites is 5. The van der Waals surface area contributed by atoms with Crippen LogP contribution in [-0.2, 0) is 0 Å². The zero-order chi connectivity index (χ0) is 45.6. The summed E-state index contributed by atoms with van der Waals surface area (Å²) in [4.78, 5) is 11.1. The lowest BCUT2D eigenvalue weighted by Gasteiger charge is -2.13. The third-order valence-corrected chi connectivity index (χ3v) is 16.7. The molecule has 6 nitrogen and oxygen atoms in total. The van der Waals surface area contributed by atoms with Crippen molar-refractivity contribution in [3.8, 4) is 34.4 Å². The van der Waals surface area contributed by atoms with E-state index >= 15 is 0 Å². The summed E-state index contributed by atoms with van der Waals surface area (Å²) in [5.41, 5.74) is 12.9. The van der Waals surface area contributed by atoms with E-state index in [0.29, 0.717) is 0 Å². The fourth-order valence-electron chi connectivity index (χ4n) is 11.4. The Kier molecular flexibility index (Phi) is 7.83. The molecule has 0 unspecified atom stereocenters. The fourth-order valence-corrected chi connectivity index (χ4v) is 13.7. The Balaban J connectivity index is 0.945. The predicted molar refractivity (Wildman–Crippen MR) is 296 cm³/mol. The molecule has 16 aromatic rings. The number of hydrogen-bond acceptors (Lipinski definition) is 4.